The van der Waals surface area contributed by atoms with Crippen molar-refractivity contribution in [3.63, 3.8) is 0 Å². The minimum atomic E-state index is -3.79. The van der Waals surface area contributed by atoms with Gasteiger partial charge >= 0.3 is 0 Å². The first-order valence-corrected chi connectivity index (χ1v) is 9.78. The highest BCUT2D eigenvalue weighted by Gasteiger charge is 2.22. The molecule has 140 valence electrons. The lowest BCUT2D eigenvalue weighted by molar-refractivity contribution is 0.0948. The summed E-state index contributed by atoms with van der Waals surface area (Å²) in [5.41, 5.74) is 1.78. The number of aryl methyl sites for hydroxylation is 1. The van der Waals surface area contributed by atoms with Crippen molar-refractivity contribution in [2.45, 2.75) is 18.4 Å². The Hall–Kier alpha value is -3.06. The molecular weight excluding hydrogens is 364 g/mol. The monoisotopic (exact) mass is 384 g/mol. The number of nitrogens with zero attached hydrogens (tertiary/aromatic N) is 1. The molecule has 0 atom stereocenters. The minimum Gasteiger partial charge on any atom is -0.467 e. The molecule has 0 spiro atoms. The Balaban J connectivity index is 1.82. The number of sulfonamides is 1. The van der Waals surface area contributed by atoms with Crippen molar-refractivity contribution in [3.05, 3.63) is 83.8 Å². The van der Waals surface area contributed by atoms with Gasteiger partial charge in [-0.1, -0.05) is 18.2 Å². The molecule has 2 aromatic carbocycles. The van der Waals surface area contributed by atoms with Crippen LogP contribution < -0.4 is 9.62 Å². The third-order valence-electron chi connectivity index (χ3n) is 4.12. The van der Waals surface area contributed by atoms with Gasteiger partial charge in [-0.2, -0.15) is 0 Å². The summed E-state index contributed by atoms with van der Waals surface area (Å²) >= 11 is 0. The van der Waals surface area contributed by atoms with Gasteiger partial charge < -0.3 is 9.73 Å². The van der Waals surface area contributed by atoms with E-state index in [1.165, 1.54) is 29.7 Å². The lowest BCUT2D eigenvalue weighted by Crippen LogP contribution is -2.27. The number of carbonyl (C=O) groups excluding carboxylic acids is 1. The second kappa shape index (κ2) is 7.67. The van der Waals surface area contributed by atoms with Crippen LogP contribution in [0.5, 0.6) is 0 Å². The summed E-state index contributed by atoms with van der Waals surface area (Å²) in [7, 11) is -2.29. The molecule has 3 rings (SSSR count). The Labute approximate surface area is 158 Å². The van der Waals surface area contributed by atoms with Crippen molar-refractivity contribution >= 4 is 21.6 Å². The number of anilines is 1. The molecule has 7 heteroatoms. The SMILES string of the molecule is Cc1cccc(N(C)S(=O)(=O)c2cccc(C(=O)NCc3ccco3)c2)c1. The fourth-order valence-electron chi connectivity index (χ4n) is 2.60. The zero-order valence-corrected chi connectivity index (χ0v) is 15.9. The molecule has 0 fully saturated rings. The number of hydrogen-bond donors (Lipinski definition) is 1. The van der Waals surface area contributed by atoms with Crippen LogP contribution in [-0.2, 0) is 16.6 Å². The van der Waals surface area contributed by atoms with Gasteiger partial charge in [-0.25, -0.2) is 8.42 Å². The second-order valence-corrected chi connectivity index (χ2v) is 8.07. The van der Waals surface area contributed by atoms with E-state index >= 15 is 0 Å². The molecule has 27 heavy (non-hydrogen) atoms. The number of carbonyl (C=O) groups is 1. The van der Waals surface area contributed by atoms with Gasteiger partial charge in [0.25, 0.3) is 15.9 Å². The van der Waals surface area contributed by atoms with Crippen LogP contribution in [-0.4, -0.2) is 21.4 Å². The van der Waals surface area contributed by atoms with E-state index in [4.69, 9.17) is 4.42 Å². The normalized spacial score (nSPS) is 11.2. The third-order valence-corrected chi connectivity index (χ3v) is 5.90. The summed E-state index contributed by atoms with van der Waals surface area (Å²) in [4.78, 5) is 12.4. The van der Waals surface area contributed by atoms with Crippen LogP contribution in [0.1, 0.15) is 21.7 Å². The maximum Gasteiger partial charge on any atom is 0.264 e. The molecule has 0 radical (unpaired) electrons. The van der Waals surface area contributed by atoms with Crippen LogP contribution in [0.3, 0.4) is 0 Å². The van der Waals surface area contributed by atoms with Crippen molar-refractivity contribution in [1.29, 1.82) is 0 Å². The minimum absolute atomic E-state index is 0.0529. The van der Waals surface area contributed by atoms with Crippen molar-refractivity contribution in [2.24, 2.45) is 0 Å². The number of benzene rings is 2. The summed E-state index contributed by atoms with van der Waals surface area (Å²) in [6.07, 6.45) is 1.52. The van der Waals surface area contributed by atoms with Gasteiger partial charge in [0.1, 0.15) is 5.76 Å². The van der Waals surface area contributed by atoms with Crippen LogP contribution in [0.25, 0.3) is 0 Å². The predicted molar refractivity (Wildman–Crippen MR) is 103 cm³/mol. The van der Waals surface area contributed by atoms with Gasteiger partial charge in [0.15, 0.2) is 0 Å². The Morgan fingerprint density at radius 2 is 1.85 bits per heavy atom. The van der Waals surface area contributed by atoms with Crippen molar-refractivity contribution in [1.82, 2.24) is 5.32 Å². The molecule has 1 heterocycles. The molecule has 0 aliphatic heterocycles. The smallest absolute Gasteiger partial charge is 0.264 e. The van der Waals surface area contributed by atoms with Crippen LogP contribution >= 0.6 is 0 Å². The van der Waals surface area contributed by atoms with Gasteiger partial charge in [-0.15, -0.1) is 0 Å². The summed E-state index contributed by atoms with van der Waals surface area (Å²) in [5.74, 6) is 0.243. The first-order valence-electron chi connectivity index (χ1n) is 8.34. The van der Waals surface area contributed by atoms with Crippen molar-refractivity contribution < 1.29 is 17.6 Å². The molecule has 6 nitrogen and oxygen atoms in total. The van der Waals surface area contributed by atoms with Crippen LogP contribution in [0, 0.1) is 6.92 Å². The number of nitrogens with one attached hydrogen (secondary N) is 1. The maximum atomic E-state index is 12.9. The lowest BCUT2D eigenvalue weighted by atomic mass is 10.2. The van der Waals surface area contributed by atoms with E-state index in [1.807, 2.05) is 13.0 Å². The Kier molecular flexibility index (Phi) is 5.32. The highest BCUT2D eigenvalue weighted by atomic mass is 32.2. The van der Waals surface area contributed by atoms with Crippen LogP contribution in [0.15, 0.2) is 76.2 Å². The number of furan rings is 1. The molecule has 0 bridgehead atoms. The molecule has 0 unspecified atom stereocenters. The average Bonchev–Trinajstić information content (AvgIpc) is 3.19. The van der Waals surface area contributed by atoms with Gasteiger partial charge in [0.05, 0.1) is 23.4 Å². The maximum absolute atomic E-state index is 12.9. The Bertz CT molecular complexity index is 1040. The summed E-state index contributed by atoms with van der Waals surface area (Å²) < 4.78 is 32.3. The van der Waals surface area contributed by atoms with E-state index in [0.717, 1.165) is 5.56 Å². The first kappa shape index (κ1) is 18.7. The van der Waals surface area contributed by atoms with Crippen molar-refractivity contribution in [2.75, 3.05) is 11.4 Å². The van der Waals surface area contributed by atoms with Gasteiger partial charge in [-0.05, 0) is 55.0 Å². The molecule has 1 N–H and O–H groups in total. The standard InChI is InChI=1S/C20H20N2O4S/c1-15-6-3-8-17(12-15)22(2)27(24,25)19-10-4-7-16(13-19)20(23)21-14-18-9-5-11-26-18/h3-13H,14H2,1-2H3,(H,21,23). The van der Waals surface area contributed by atoms with E-state index in [-0.39, 0.29) is 22.9 Å². The molecule has 0 saturated carbocycles. The molecule has 3 aromatic rings. The van der Waals surface area contributed by atoms with Crippen LogP contribution in [0.2, 0.25) is 0 Å². The lowest BCUT2D eigenvalue weighted by Gasteiger charge is -2.20. The second-order valence-electron chi connectivity index (χ2n) is 6.10. The number of rotatable bonds is 6. The van der Waals surface area contributed by atoms with Crippen LogP contribution in [0.4, 0.5) is 5.69 Å². The first-order chi connectivity index (χ1) is 12.9. The van der Waals surface area contributed by atoms with E-state index in [1.54, 1.807) is 42.5 Å². The summed E-state index contributed by atoms with van der Waals surface area (Å²) in [6, 6.07) is 16.7. The molecule has 1 amide bonds. The molecular formula is C20H20N2O4S. The zero-order chi connectivity index (χ0) is 19.4. The highest BCUT2D eigenvalue weighted by Crippen LogP contribution is 2.23. The zero-order valence-electron chi connectivity index (χ0n) is 15.0. The third kappa shape index (κ3) is 4.20. The fourth-order valence-corrected chi connectivity index (χ4v) is 3.83. The molecule has 0 saturated heterocycles. The van der Waals surface area contributed by atoms with E-state index < -0.39 is 10.0 Å². The largest absolute Gasteiger partial charge is 0.467 e. The Morgan fingerprint density at radius 3 is 2.56 bits per heavy atom. The van der Waals surface area contributed by atoms with Crippen molar-refractivity contribution in [3.8, 4) is 0 Å². The molecule has 1 aromatic heterocycles. The number of amides is 1. The molecule has 0 aliphatic carbocycles. The number of hydrogen-bond acceptors (Lipinski definition) is 4. The average molecular weight is 384 g/mol. The van der Waals surface area contributed by atoms with E-state index in [9.17, 15) is 13.2 Å². The summed E-state index contributed by atoms with van der Waals surface area (Å²) in [6.45, 7) is 2.12. The van der Waals surface area contributed by atoms with E-state index in [0.29, 0.717) is 11.4 Å². The fraction of sp³-hybridized carbons (Fsp3) is 0.150. The van der Waals surface area contributed by atoms with Gasteiger partial charge in [-0.3, -0.25) is 9.10 Å². The van der Waals surface area contributed by atoms with E-state index in [2.05, 4.69) is 5.32 Å². The summed E-state index contributed by atoms with van der Waals surface area (Å²) in [5, 5.41) is 2.71. The predicted octanol–water partition coefficient (Wildman–Crippen LogP) is 3.34. The highest BCUT2D eigenvalue weighted by molar-refractivity contribution is 7.92. The Morgan fingerprint density at radius 1 is 1.07 bits per heavy atom. The van der Waals surface area contributed by atoms with Gasteiger partial charge in [0, 0.05) is 12.6 Å². The quantitative estimate of drug-likeness (QED) is 0.707. The topological polar surface area (TPSA) is 79.6 Å². The van der Waals surface area contributed by atoms with Gasteiger partial charge in [0.2, 0.25) is 0 Å². The molecule has 0 aliphatic rings.